The molecule has 0 atom stereocenters. The van der Waals surface area contributed by atoms with Crippen LogP contribution in [0.1, 0.15) is 0 Å². The molecule has 17 heavy (non-hydrogen) atoms. The van der Waals surface area contributed by atoms with Gasteiger partial charge in [0.1, 0.15) is 0 Å². The molecule has 0 unspecified atom stereocenters. The van der Waals surface area contributed by atoms with E-state index in [2.05, 4.69) is 4.72 Å². The number of benzene rings is 1. The second-order valence-corrected chi connectivity index (χ2v) is 5.43. The predicted octanol–water partition coefficient (Wildman–Crippen LogP) is 1.40. The first-order chi connectivity index (χ1) is 7.95. The van der Waals surface area contributed by atoms with Gasteiger partial charge in [0.15, 0.2) is 5.03 Å². The normalized spacial score (nSPS) is 12.2. The van der Waals surface area contributed by atoms with Crippen molar-refractivity contribution >= 4 is 21.8 Å². The lowest BCUT2D eigenvalue weighted by Gasteiger charge is -2.07. The Morgan fingerprint density at radius 1 is 1.41 bits per heavy atom. The zero-order valence-electron chi connectivity index (χ0n) is 8.86. The molecule has 0 heterocycles. The molecule has 1 aromatic carbocycles. The van der Waals surface area contributed by atoms with Gasteiger partial charge in [-0.25, -0.2) is 8.42 Å². The molecule has 1 rings (SSSR count). The molecule has 1 N–H and O–H groups in total. The van der Waals surface area contributed by atoms with Crippen LogP contribution >= 0.6 is 11.8 Å². The van der Waals surface area contributed by atoms with E-state index >= 15 is 0 Å². The molecule has 1 aromatic rings. The van der Waals surface area contributed by atoms with Crippen molar-refractivity contribution in [1.29, 1.82) is 0 Å². The van der Waals surface area contributed by atoms with Crippen molar-refractivity contribution in [2.75, 3.05) is 6.26 Å². The summed E-state index contributed by atoms with van der Waals surface area (Å²) in [6.45, 7) is 0. The second-order valence-electron chi connectivity index (χ2n) is 2.90. The number of nitro groups is 1. The molecule has 92 valence electrons. The largest absolute Gasteiger partial charge is 0.268 e. The van der Waals surface area contributed by atoms with E-state index in [1.165, 1.54) is 12.1 Å². The molecule has 0 aromatic heterocycles. The van der Waals surface area contributed by atoms with Gasteiger partial charge in [0.25, 0.3) is 16.2 Å². The molecule has 8 heteroatoms. The van der Waals surface area contributed by atoms with E-state index in [-0.39, 0.29) is 9.92 Å². The lowest BCUT2D eigenvalue weighted by Crippen LogP contribution is -2.22. The molecule has 0 aliphatic carbocycles. The fourth-order valence-electron chi connectivity index (χ4n) is 1.01. The summed E-state index contributed by atoms with van der Waals surface area (Å²) in [6, 6.07) is 7.65. The van der Waals surface area contributed by atoms with Crippen molar-refractivity contribution in [3.05, 3.63) is 51.7 Å². The van der Waals surface area contributed by atoms with Gasteiger partial charge in [-0.2, -0.15) is 0 Å². The van der Waals surface area contributed by atoms with E-state index in [4.69, 9.17) is 0 Å². The fourth-order valence-corrected chi connectivity index (χ4v) is 2.81. The van der Waals surface area contributed by atoms with Crippen LogP contribution in [0.2, 0.25) is 0 Å². The van der Waals surface area contributed by atoms with Crippen LogP contribution in [0.4, 0.5) is 0 Å². The number of sulfonamides is 1. The van der Waals surface area contributed by atoms with E-state index in [1.54, 1.807) is 24.5 Å². The quantitative estimate of drug-likeness (QED) is 0.647. The number of thioether (sulfide) groups is 1. The Kier molecular flexibility index (Phi) is 4.53. The van der Waals surface area contributed by atoms with Crippen LogP contribution in [-0.2, 0) is 10.0 Å². The van der Waals surface area contributed by atoms with Crippen LogP contribution in [-0.4, -0.2) is 19.6 Å². The zero-order chi connectivity index (χ0) is 12.9. The molecule has 0 amide bonds. The van der Waals surface area contributed by atoms with Gasteiger partial charge in [-0.3, -0.25) is 14.8 Å². The molecule has 6 nitrogen and oxygen atoms in total. The maximum atomic E-state index is 11.8. The standard InChI is InChI=1S/C9H10N2O4S2/c1-16-9(7-11(12)13)10-17(14,15)8-5-3-2-4-6-8/h2-7,10H,1H3. The average Bonchev–Trinajstić information content (AvgIpc) is 2.28. The van der Waals surface area contributed by atoms with E-state index in [1.807, 2.05) is 0 Å². The SMILES string of the molecule is CSC(=C[N+](=O)[O-])NS(=O)(=O)c1ccccc1. The minimum atomic E-state index is -3.76. The van der Waals surface area contributed by atoms with Crippen molar-refractivity contribution < 1.29 is 13.3 Å². The van der Waals surface area contributed by atoms with Gasteiger partial charge in [0.2, 0.25) is 0 Å². The summed E-state index contributed by atoms with van der Waals surface area (Å²) in [5, 5.41) is 10.2. The monoisotopic (exact) mass is 274 g/mol. The third-order valence-electron chi connectivity index (χ3n) is 1.73. The number of hydrogen-bond acceptors (Lipinski definition) is 5. The lowest BCUT2D eigenvalue weighted by molar-refractivity contribution is -0.403. The molecule has 0 saturated heterocycles. The molecule has 0 spiro atoms. The predicted molar refractivity (Wildman–Crippen MR) is 65.4 cm³/mol. The maximum Gasteiger partial charge on any atom is 0.264 e. The van der Waals surface area contributed by atoms with Gasteiger partial charge in [-0.15, -0.1) is 11.8 Å². The van der Waals surface area contributed by atoms with Gasteiger partial charge in [0, 0.05) is 0 Å². The van der Waals surface area contributed by atoms with E-state index in [0.717, 1.165) is 11.8 Å². The Bertz CT molecular complexity index is 525. The van der Waals surface area contributed by atoms with Gasteiger partial charge < -0.3 is 0 Å². The second kappa shape index (κ2) is 5.69. The molecule has 0 bridgehead atoms. The number of nitrogens with one attached hydrogen (secondary N) is 1. The Hall–Kier alpha value is -1.54. The van der Waals surface area contributed by atoms with Crippen LogP contribution < -0.4 is 4.72 Å². The summed E-state index contributed by atoms with van der Waals surface area (Å²) in [5.41, 5.74) is 0. The Morgan fingerprint density at radius 2 is 2.00 bits per heavy atom. The maximum absolute atomic E-state index is 11.8. The van der Waals surface area contributed by atoms with Gasteiger partial charge in [0.05, 0.1) is 9.82 Å². The highest BCUT2D eigenvalue weighted by atomic mass is 32.2. The first kappa shape index (κ1) is 13.5. The smallest absolute Gasteiger partial charge is 0.264 e. The first-order valence-corrected chi connectivity index (χ1v) is 7.13. The summed E-state index contributed by atoms with van der Waals surface area (Å²) < 4.78 is 25.7. The molecule has 0 fully saturated rings. The summed E-state index contributed by atoms with van der Waals surface area (Å²) in [7, 11) is -3.76. The van der Waals surface area contributed by atoms with Crippen LogP contribution in [0.25, 0.3) is 0 Å². The lowest BCUT2D eigenvalue weighted by atomic mass is 10.4. The van der Waals surface area contributed by atoms with Crippen molar-refractivity contribution in [2.45, 2.75) is 4.90 Å². The van der Waals surface area contributed by atoms with Gasteiger partial charge >= 0.3 is 0 Å². The fraction of sp³-hybridized carbons (Fsp3) is 0.111. The minimum absolute atomic E-state index is 0.0427. The van der Waals surface area contributed by atoms with Crippen LogP contribution in [0.5, 0.6) is 0 Å². The molecular weight excluding hydrogens is 264 g/mol. The third-order valence-corrected chi connectivity index (χ3v) is 3.89. The molecular formula is C9H10N2O4S2. The summed E-state index contributed by atoms with van der Waals surface area (Å²) in [4.78, 5) is 9.62. The highest BCUT2D eigenvalue weighted by Crippen LogP contribution is 2.14. The molecule has 0 radical (unpaired) electrons. The van der Waals surface area contributed by atoms with E-state index in [0.29, 0.717) is 6.20 Å². The first-order valence-electron chi connectivity index (χ1n) is 4.43. The molecule has 0 aliphatic heterocycles. The summed E-state index contributed by atoms with van der Waals surface area (Å²) >= 11 is 0.949. The molecule has 0 saturated carbocycles. The number of nitrogens with zero attached hydrogens (tertiary/aromatic N) is 1. The summed E-state index contributed by atoms with van der Waals surface area (Å²) in [6.07, 6.45) is 2.16. The van der Waals surface area contributed by atoms with Crippen LogP contribution in [0.15, 0.2) is 46.5 Å². The Balaban J connectivity index is 2.98. The zero-order valence-corrected chi connectivity index (χ0v) is 10.5. The van der Waals surface area contributed by atoms with Crippen LogP contribution in [0.3, 0.4) is 0 Å². The Morgan fingerprint density at radius 3 is 2.47 bits per heavy atom. The third kappa shape index (κ3) is 4.08. The highest BCUT2D eigenvalue weighted by Gasteiger charge is 2.16. The van der Waals surface area contributed by atoms with E-state index in [9.17, 15) is 18.5 Å². The Labute approximate surface area is 103 Å². The van der Waals surface area contributed by atoms with Gasteiger partial charge in [-0.1, -0.05) is 18.2 Å². The average molecular weight is 274 g/mol. The topological polar surface area (TPSA) is 89.3 Å². The van der Waals surface area contributed by atoms with Gasteiger partial charge in [-0.05, 0) is 18.4 Å². The van der Waals surface area contributed by atoms with E-state index < -0.39 is 14.9 Å². The number of hydrogen-bond donors (Lipinski definition) is 1. The van der Waals surface area contributed by atoms with Crippen LogP contribution in [0, 0.1) is 10.1 Å². The number of rotatable bonds is 5. The van der Waals surface area contributed by atoms with Crippen molar-refractivity contribution in [2.24, 2.45) is 0 Å². The van der Waals surface area contributed by atoms with Crippen molar-refractivity contribution in [1.82, 2.24) is 4.72 Å². The highest BCUT2D eigenvalue weighted by molar-refractivity contribution is 8.03. The van der Waals surface area contributed by atoms with Crippen molar-refractivity contribution in [3.8, 4) is 0 Å². The molecule has 0 aliphatic rings. The summed E-state index contributed by atoms with van der Waals surface area (Å²) in [5.74, 6) is 0. The van der Waals surface area contributed by atoms with Crippen molar-refractivity contribution in [3.63, 3.8) is 0 Å². The minimum Gasteiger partial charge on any atom is -0.268 e.